The molecular formula is C11H22N4O2. The summed E-state index contributed by atoms with van der Waals surface area (Å²) in [6.07, 6.45) is 0. The van der Waals surface area contributed by atoms with E-state index in [1.807, 2.05) is 0 Å². The molecule has 0 radical (unpaired) electrons. The van der Waals surface area contributed by atoms with Crippen molar-refractivity contribution in [1.29, 1.82) is 0 Å². The number of nitrogens with zero attached hydrogens (tertiary/aromatic N) is 2. The Balaban J connectivity index is 2.28. The van der Waals surface area contributed by atoms with Gasteiger partial charge in [-0.1, -0.05) is 25.9 Å². The number of ether oxygens (including phenoxy) is 1. The van der Waals surface area contributed by atoms with Crippen LogP contribution >= 0.6 is 0 Å². The monoisotopic (exact) mass is 242 g/mol. The highest BCUT2D eigenvalue weighted by molar-refractivity contribution is 5.17. The van der Waals surface area contributed by atoms with Gasteiger partial charge in [0.15, 0.2) is 0 Å². The lowest BCUT2D eigenvalue weighted by atomic mass is 9.97. The Hall–Kier alpha value is -1.14. The summed E-state index contributed by atoms with van der Waals surface area (Å²) in [6.45, 7) is 9.23. The molecule has 1 aromatic rings. The van der Waals surface area contributed by atoms with Crippen LogP contribution in [0.1, 0.15) is 26.7 Å². The van der Waals surface area contributed by atoms with Crippen LogP contribution in [0, 0.1) is 5.41 Å². The molecule has 17 heavy (non-hydrogen) atoms. The predicted molar refractivity (Wildman–Crippen MR) is 65.8 cm³/mol. The van der Waals surface area contributed by atoms with E-state index < -0.39 is 0 Å². The highest BCUT2D eigenvalue weighted by Crippen LogP contribution is 2.14. The smallest absolute Gasteiger partial charge is 0.315 e. The van der Waals surface area contributed by atoms with Crippen molar-refractivity contribution in [2.24, 2.45) is 5.41 Å². The predicted octanol–water partition coefficient (Wildman–Crippen LogP) is 1.26. The maximum absolute atomic E-state index is 5.42. The summed E-state index contributed by atoms with van der Waals surface area (Å²) >= 11 is 0. The van der Waals surface area contributed by atoms with E-state index >= 15 is 0 Å². The van der Waals surface area contributed by atoms with Gasteiger partial charge in [0.1, 0.15) is 0 Å². The fraction of sp³-hybridized carbons (Fsp3) is 0.818. The summed E-state index contributed by atoms with van der Waals surface area (Å²) in [5, 5.41) is 14.1. The molecule has 98 valence electrons. The van der Waals surface area contributed by atoms with E-state index in [4.69, 9.17) is 9.15 Å². The van der Waals surface area contributed by atoms with Crippen molar-refractivity contribution in [3.8, 4) is 0 Å². The van der Waals surface area contributed by atoms with Gasteiger partial charge in [0.05, 0.1) is 13.2 Å². The second-order valence-corrected chi connectivity index (χ2v) is 5.08. The Kier molecular flexibility index (Phi) is 5.37. The molecule has 0 saturated heterocycles. The third kappa shape index (κ3) is 6.23. The van der Waals surface area contributed by atoms with E-state index in [9.17, 15) is 0 Å². The molecule has 1 rings (SSSR count). The number of hydrogen-bond donors (Lipinski definition) is 2. The van der Waals surface area contributed by atoms with E-state index in [1.54, 1.807) is 7.11 Å². The summed E-state index contributed by atoms with van der Waals surface area (Å²) in [4.78, 5) is 0. The van der Waals surface area contributed by atoms with E-state index in [0.29, 0.717) is 25.1 Å². The number of aromatic nitrogens is 2. The second kappa shape index (κ2) is 6.56. The number of hydrogen-bond acceptors (Lipinski definition) is 6. The van der Waals surface area contributed by atoms with Crippen molar-refractivity contribution >= 4 is 6.01 Å². The van der Waals surface area contributed by atoms with Gasteiger partial charge in [-0.15, -0.1) is 5.10 Å². The zero-order valence-electron chi connectivity index (χ0n) is 11.0. The fourth-order valence-corrected chi connectivity index (χ4v) is 1.11. The molecule has 0 aliphatic heterocycles. The Labute approximate surface area is 102 Å². The average Bonchev–Trinajstić information content (AvgIpc) is 2.69. The van der Waals surface area contributed by atoms with Crippen LogP contribution < -0.4 is 10.6 Å². The summed E-state index contributed by atoms with van der Waals surface area (Å²) in [6, 6.07) is 0.475. The molecule has 0 aliphatic rings. The second-order valence-electron chi connectivity index (χ2n) is 5.08. The van der Waals surface area contributed by atoms with E-state index in [0.717, 1.165) is 13.1 Å². The van der Waals surface area contributed by atoms with Gasteiger partial charge in [0.25, 0.3) is 0 Å². The van der Waals surface area contributed by atoms with E-state index in [1.165, 1.54) is 0 Å². The van der Waals surface area contributed by atoms with Crippen LogP contribution in [-0.4, -0.2) is 37.0 Å². The Morgan fingerprint density at radius 2 is 2.06 bits per heavy atom. The van der Waals surface area contributed by atoms with Gasteiger partial charge in [-0.2, -0.15) is 0 Å². The summed E-state index contributed by atoms with van der Waals surface area (Å²) in [5.74, 6) is 0.581. The lowest BCUT2D eigenvalue weighted by Crippen LogP contribution is -2.19. The van der Waals surface area contributed by atoms with Crippen molar-refractivity contribution < 1.29 is 9.15 Å². The summed E-state index contributed by atoms with van der Waals surface area (Å²) in [7, 11) is 1.67. The zero-order valence-corrected chi connectivity index (χ0v) is 11.0. The summed E-state index contributed by atoms with van der Waals surface area (Å²) in [5.41, 5.74) is 0.186. The molecule has 0 aromatic carbocycles. The van der Waals surface area contributed by atoms with Crippen LogP contribution in [0.5, 0.6) is 0 Å². The molecule has 0 fully saturated rings. The van der Waals surface area contributed by atoms with E-state index in [-0.39, 0.29) is 5.41 Å². The molecule has 2 N–H and O–H groups in total. The Morgan fingerprint density at radius 3 is 2.71 bits per heavy atom. The minimum Gasteiger partial charge on any atom is -0.407 e. The molecule has 0 spiro atoms. The third-order valence-electron chi connectivity index (χ3n) is 2.00. The molecule has 1 heterocycles. The largest absolute Gasteiger partial charge is 0.407 e. The van der Waals surface area contributed by atoms with Crippen molar-refractivity contribution in [3.63, 3.8) is 0 Å². The highest BCUT2D eigenvalue weighted by atomic mass is 16.5. The summed E-state index contributed by atoms with van der Waals surface area (Å²) < 4.78 is 10.3. The van der Waals surface area contributed by atoms with Crippen LogP contribution in [0.3, 0.4) is 0 Å². The lowest BCUT2D eigenvalue weighted by Gasteiger charge is -2.17. The molecule has 0 unspecified atom stereocenters. The maximum atomic E-state index is 5.42. The SMILES string of the molecule is COCCNCc1nnc(NCC(C)(C)C)o1. The molecule has 6 nitrogen and oxygen atoms in total. The molecule has 6 heteroatoms. The first kappa shape index (κ1) is 13.9. The molecule has 0 aliphatic carbocycles. The number of methoxy groups -OCH3 is 1. The van der Waals surface area contributed by atoms with Crippen molar-refractivity contribution in [2.75, 3.05) is 32.1 Å². The first-order valence-electron chi connectivity index (χ1n) is 5.77. The zero-order chi connectivity index (χ0) is 12.7. The van der Waals surface area contributed by atoms with Crippen LogP contribution in [0.2, 0.25) is 0 Å². The van der Waals surface area contributed by atoms with Gasteiger partial charge in [-0.25, -0.2) is 0 Å². The maximum Gasteiger partial charge on any atom is 0.315 e. The molecule has 1 aromatic heterocycles. The Morgan fingerprint density at radius 1 is 1.29 bits per heavy atom. The van der Waals surface area contributed by atoms with Crippen molar-refractivity contribution in [3.05, 3.63) is 5.89 Å². The van der Waals surface area contributed by atoms with Gasteiger partial charge in [-0.05, 0) is 5.41 Å². The van der Waals surface area contributed by atoms with Crippen LogP contribution in [-0.2, 0) is 11.3 Å². The third-order valence-corrected chi connectivity index (χ3v) is 2.00. The molecule has 0 saturated carbocycles. The number of anilines is 1. The topological polar surface area (TPSA) is 72.2 Å². The van der Waals surface area contributed by atoms with Crippen LogP contribution in [0.25, 0.3) is 0 Å². The Bertz CT molecular complexity index is 320. The van der Waals surface area contributed by atoms with Gasteiger partial charge >= 0.3 is 6.01 Å². The molecular weight excluding hydrogens is 220 g/mol. The van der Waals surface area contributed by atoms with Gasteiger partial charge in [0.2, 0.25) is 5.89 Å². The number of nitrogens with one attached hydrogen (secondary N) is 2. The van der Waals surface area contributed by atoms with Crippen molar-refractivity contribution in [2.45, 2.75) is 27.3 Å². The van der Waals surface area contributed by atoms with E-state index in [2.05, 4.69) is 41.6 Å². The van der Waals surface area contributed by atoms with Gasteiger partial charge in [-0.3, -0.25) is 0 Å². The minimum atomic E-state index is 0.186. The van der Waals surface area contributed by atoms with Gasteiger partial charge in [0, 0.05) is 20.2 Å². The number of rotatable bonds is 7. The average molecular weight is 242 g/mol. The lowest BCUT2D eigenvalue weighted by molar-refractivity contribution is 0.198. The molecule has 0 amide bonds. The quantitative estimate of drug-likeness (QED) is 0.701. The van der Waals surface area contributed by atoms with Crippen LogP contribution in [0.15, 0.2) is 4.42 Å². The van der Waals surface area contributed by atoms with Crippen LogP contribution in [0.4, 0.5) is 6.01 Å². The molecule has 0 bridgehead atoms. The minimum absolute atomic E-state index is 0.186. The van der Waals surface area contributed by atoms with Crippen molar-refractivity contribution in [1.82, 2.24) is 15.5 Å². The normalized spacial score (nSPS) is 11.8. The van der Waals surface area contributed by atoms with Gasteiger partial charge < -0.3 is 19.8 Å². The first-order valence-corrected chi connectivity index (χ1v) is 5.77. The first-order chi connectivity index (χ1) is 8.01. The molecule has 0 atom stereocenters. The standard InChI is InChI=1S/C11H22N4O2/c1-11(2,3)8-13-10-15-14-9(17-10)7-12-5-6-16-4/h12H,5-8H2,1-4H3,(H,13,15). The highest BCUT2D eigenvalue weighted by Gasteiger charge is 2.12. The fourth-order valence-electron chi connectivity index (χ4n) is 1.11.